The summed E-state index contributed by atoms with van der Waals surface area (Å²) in [5, 5.41) is 7.84. The van der Waals surface area contributed by atoms with Crippen molar-refractivity contribution in [2.45, 2.75) is 25.8 Å². The molecule has 0 aliphatic carbocycles. The molecule has 0 saturated heterocycles. The molecule has 1 aliphatic heterocycles. The Labute approximate surface area is 101 Å². The third-order valence-electron chi connectivity index (χ3n) is 3.49. The third-order valence-corrected chi connectivity index (χ3v) is 3.49. The van der Waals surface area contributed by atoms with Gasteiger partial charge in [-0.25, -0.2) is 0 Å². The number of nitrogens with zero attached hydrogens (tertiary/aromatic N) is 2. The van der Waals surface area contributed by atoms with Gasteiger partial charge in [-0.1, -0.05) is 18.2 Å². The molecule has 88 valence electrons. The van der Waals surface area contributed by atoms with E-state index in [0.29, 0.717) is 5.92 Å². The van der Waals surface area contributed by atoms with Crippen molar-refractivity contribution < 1.29 is 0 Å². The van der Waals surface area contributed by atoms with E-state index in [-0.39, 0.29) is 0 Å². The minimum atomic E-state index is 0.481. The topological polar surface area (TPSA) is 29.9 Å². The average Bonchev–Trinajstić information content (AvgIpc) is 2.86. The zero-order chi connectivity index (χ0) is 11.7. The van der Waals surface area contributed by atoms with Crippen LogP contribution in [0.2, 0.25) is 0 Å². The van der Waals surface area contributed by atoms with Crippen molar-refractivity contribution in [2.24, 2.45) is 0 Å². The van der Waals surface area contributed by atoms with Gasteiger partial charge in [0, 0.05) is 36.6 Å². The first-order chi connectivity index (χ1) is 8.40. The summed E-state index contributed by atoms with van der Waals surface area (Å²) in [5.41, 5.74) is 4.00. The molecule has 0 bridgehead atoms. The fourth-order valence-corrected chi connectivity index (χ4v) is 2.68. The van der Waals surface area contributed by atoms with E-state index in [1.165, 1.54) is 16.9 Å². The Bertz CT molecular complexity index is 516. The maximum Gasteiger partial charge on any atom is 0.0492 e. The van der Waals surface area contributed by atoms with Crippen LogP contribution in [0.5, 0.6) is 0 Å². The lowest BCUT2D eigenvalue weighted by molar-refractivity contribution is 0.577. The summed E-state index contributed by atoms with van der Waals surface area (Å²) in [6.07, 6.45) is 3.05. The predicted molar refractivity (Wildman–Crippen MR) is 69.3 cm³/mol. The average molecular weight is 227 g/mol. The molecule has 3 heteroatoms. The van der Waals surface area contributed by atoms with Crippen molar-refractivity contribution >= 4 is 5.69 Å². The maximum atomic E-state index is 4.38. The van der Waals surface area contributed by atoms with Crippen LogP contribution in [0.15, 0.2) is 36.5 Å². The van der Waals surface area contributed by atoms with E-state index in [2.05, 4.69) is 52.4 Å². The Hall–Kier alpha value is -1.77. The van der Waals surface area contributed by atoms with Gasteiger partial charge in [-0.3, -0.25) is 4.68 Å². The highest BCUT2D eigenvalue weighted by molar-refractivity contribution is 5.56. The molecular weight excluding hydrogens is 210 g/mol. The molecule has 1 aliphatic rings. The number of hydrogen-bond acceptors (Lipinski definition) is 2. The van der Waals surface area contributed by atoms with Gasteiger partial charge in [0.2, 0.25) is 0 Å². The number of benzene rings is 1. The van der Waals surface area contributed by atoms with E-state index in [0.717, 1.165) is 19.5 Å². The van der Waals surface area contributed by atoms with Gasteiger partial charge < -0.3 is 5.32 Å². The summed E-state index contributed by atoms with van der Waals surface area (Å²) in [6.45, 7) is 4.12. The smallest absolute Gasteiger partial charge is 0.0492 e. The van der Waals surface area contributed by atoms with Crippen molar-refractivity contribution in [2.75, 3.05) is 11.9 Å². The monoisotopic (exact) mass is 227 g/mol. The predicted octanol–water partition coefficient (Wildman–Crippen LogP) is 2.85. The normalized spacial score (nSPS) is 18.5. The van der Waals surface area contributed by atoms with Gasteiger partial charge in [-0.15, -0.1) is 0 Å². The molecule has 1 atom stereocenters. The molecule has 1 N–H and O–H groups in total. The van der Waals surface area contributed by atoms with Crippen molar-refractivity contribution in [3.8, 4) is 0 Å². The number of anilines is 1. The second-order valence-electron chi connectivity index (χ2n) is 4.43. The van der Waals surface area contributed by atoms with E-state index in [4.69, 9.17) is 0 Å². The van der Waals surface area contributed by atoms with Crippen molar-refractivity contribution in [3.63, 3.8) is 0 Å². The van der Waals surface area contributed by atoms with Gasteiger partial charge in [0.25, 0.3) is 0 Å². The summed E-state index contributed by atoms with van der Waals surface area (Å²) >= 11 is 0. The van der Waals surface area contributed by atoms with Crippen LogP contribution in [0.1, 0.15) is 30.5 Å². The van der Waals surface area contributed by atoms with Gasteiger partial charge in [-0.2, -0.15) is 5.10 Å². The van der Waals surface area contributed by atoms with E-state index >= 15 is 0 Å². The third kappa shape index (κ3) is 1.71. The highest BCUT2D eigenvalue weighted by Gasteiger charge is 2.23. The number of aromatic nitrogens is 2. The molecule has 0 amide bonds. The van der Waals surface area contributed by atoms with Crippen LogP contribution in [0.4, 0.5) is 5.69 Å². The van der Waals surface area contributed by atoms with Crippen LogP contribution in [0, 0.1) is 0 Å². The van der Waals surface area contributed by atoms with E-state index in [1.54, 1.807) is 0 Å². The molecule has 0 spiro atoms. The molecule has 0 fully saturated rings. The molecule has 3 nitrogen and oxygen atoms in total. The summed E-state index contributed by atoms with van der Waals surface area (Å²) in [5.74, 6) is 0.481. The lowest BCUT2D eigenvalue weighted by atomic mass is 9.88. The summed E-state index contributed by atoms with van der Waals surface area (Å²) in [6, 6.07) is 10.7. The Balaban J connectivity index is 2.06. The molecule has 0 saturated carbocycles. The van der Waals surface area contributed by atoms with E-state index < -0.39 is 0 Å². The Kier molecular flexibility index (Phi) is 2.59. The molecule has 17 heavy (non-hydrogen) atoms. The van der Waals surface area contributed by atoms with E-state index in [1.807, 2.05) is 6.20 Å². The zero-order valence-electron chi connectivity index (χ0n) is 10.1. The van der Waals surface area contributed by atoms with Crippen molar-refractivity contribution in [3.05, 3.63) is 47.8 Å². The number of rotatable bonds is 2. The minimum Gasteiger partial charge on any atom is -0.385 e. The maximum absolute atomic E-state index is 4.38. The molecular formula is C14H17N3. The minimum absolute atomic E-state index is 0.481. The van der Waals surface area contributed by atoms with Gasteiger partial charge >= 0.3 is 0 Å². The Morgan fingerprint density at radius 2 is 2.24 bits per heavy atom. The number of fused-ring (bicyclic) bond motifs is 1. The van der Waals surface area contributed by atoms with Crippen molar-refractivity contribution in [1.82, 2.24) is 9.78 Å². The highest BCUT2D eigenvalue weighted by atomic mass is 15.3. The zero-order valence-corrected chi connectivity index (χ0v) is 10.1. The van der Waals surface area contributed by atoms with Crippen LogP contribution in [0.25, 0.3) is 0 Å². The number of hydrogen-bond donors (Lipinski definition) is 1. The summed E-state index contributed by atoms with van der Waals surface area (Å²) in [7, 11) is 0. The molecule has 1 aromatic carbocycles. The van der Waals surface area contributed by atoms with Gasteiger partial charge in [0.05, 0.1) is 0 Å². The van der Waals surface area contributed by atoms with Crippen LogP contribution in [-0.2, 0) is 6.54 Å². The molecule has 3 rings (SSSR count). The van der Waals surface area contributed by atoms with Crippen LogP contribution in [-0.4, -0.2) is 16.3 Å². The number of nitrogens with one attached hydrogen (secondary N) is 1. The second kappa shape index (κ2) is 4.24. The SMILES string of the molecule is CCn1nccc1C1CCNc2ccccc21. The van der Waals surface area contributed by atoms with Gasteiger partial charge in [0.15, 0.2) is 0 Å². The largest absolute Gasteiger partial charge is 0.385 e. The molecule has 0 radical (unpaired) electrons. The van der Waals surface area contributed by atoms with E-state index in [9.17, 15) is 0 Å². The van der Waals surface area contributed by atoms with Gasteiger partial charge in [-0.05, 0) is 31.0 Å². The fourth-order valence-electron chi connectivity index (χ4n) is 2.68. The first-order valence-electron chi connectivity index (χ1n) is 6.24. The second-order valence-corrected chi connectivity index (χ2v) is 4.43. The quantitative estimate of drug-likeness (QED) is 0.855. The summed E-state index contributed by atoms with van der Waals surface area (Å²) in [4.78, 5) is 0. The number of aryl methyl sites for hydroxylation is 1. The first-order valence-corrected chi connectivity index (χ1v) is 6.24. The Morgan fingerprint density at radius 3 is 3.12 bits per heavy atom. The van der Waals surface area contributed by atoms with Gasteiger partial charge in [0.1, 0.15) is 0 Å². The van der Waals surface area contributed by atoms with Crippen LogP contribution >= 0.6 is 0 Å². The lowest BCUT2D eigenvalue weighted by Gasteiger charge is -2.27. The molecule has 1 aromatic heterocycles. The summed E-state index contributed by atoms with van der Waals surface area (Å²) < 4.78 is 2.10. The number of para-hydroxylation sites is 1. The molecule has 1 unspecified atom stereocenters. The molecule has 2 aromatic rings. The first kappa shape index (κ1) is 10.4. The lowest BCUT2D eigenvalue weighted by Crippen LogP contribution is -2.20. The van der Waals surface area contributed by atoms with Crippen LogP contribution in [0.3, 0.4) is 0 Å². The fraction of sp³-hybridized carbons (Fsp3) is 0.357. The Morgan fingerprint density at radius 1 is 1.35 bits per heavy atom. The highest BCUT2D eigenvalue weighted by Crippen LogP contribution is 2.35. The van der Waals surface area contributed by atoms with Crippen LogP contribution < -0.4 is 5.32 Å². The standard InChI is InChI=1S/C14H17N3/c1-2-17-14(8-10-16-17)12-7-9-15-13-6-4-3-5-11(12)13/h3-6,8,10,12,15H,2,7,9H2,1H3. The molecule has 2 heterocycles. The van der Waals surface area contributed by atoms with Crippen molar-refractivity contribution in [1.29, 1.82) is 0 Å².